The number of aromatic nitrogens is 2. The van der Waals surface area contributed by atoms with Crippen LogP contribution in [0.25, 0.3) is 0 Å². The van der Waals surface area contributed by atoms with Gasteiger partial charge in [0.05, 0.1) is 12.6 Å². The molecule has 1 aliphatic rings. The highest BCUT2D eigenvalue weighted by Crippen LogP contribution is 2.20. The minimum Gasteiger partial charge on any atom is -0.387 e. The van der Waals surface area contributed by atoms with Crippen LogP contribution in [0.15, 0.2) is 28.8 Å². The van der Waals surface area contributed by atoms with Crippen LogP contribution in [0.2, 0.25) is 0 Å². The summed E-state index contributed by atoms with van der Waals surface area (Å²) in [6.07, 6.45) is 1.56. The van der Waals surface area contributed by atoms with Gasteiger partial charge in [0.15, 0.2) is 5.82 Å². The van der Waals surface area contributed by atoms with Crippen molar-refractivity contribution in [2.24, 2.45) is 0 Å². The zero-order valence-corrected chi connectivity index (χ0v) is 14.7. The van der Waals surface area contributed by atoms with Crippen LogP contribution in [-0.4, -0.2) is 57.8 Å². The van der Waals surface area contributed by atoms with Crippen LogP contribution in [0.1, 0.15) is 36.2 Å². The number of piperidine rings is 1. The largest absolute Gasteiger partial charge is 0.387 e. The number of halogens is 1. The quantitative estimate of drug-likeness (QED) is 0.863. The summed E-state index contributed by atoms with van der Waals surface area (Å²) in [5, 5.41) is 14.4. The van der Waals surface area contributed by atoms with Crippen LogP contribution < -0.4 is 0 Å². The Balaban J connectivity index is 1.54. The summed E-state index contributed by atoms with van der Waals surface area (Å²) in [4.78, 5) is 8.77. The van der Waals surface area contributed by atoms with Gasteiger partial charge in [-0.15, -0.1) is 0 Å². The smallest absolute Gasteiger partial charge is 0.223 e. The zero-order chi connectivity index (χ0) is 17.8. The molecular formula is C18H25FN4O2. The van der Waals surface area contributed by atoms with E-state index in [0.29, 0.717) is 30.8 Å². The molecule has 0 amide bonds. The van der Waals surface area contributed by atoms with E-state index in [1.807, 2.05) is 7.05 Å². The Bertz CT molecular complexity index is 676. The third kappa shape index (κ3) is 4.84. The molecule has 0 unspecified atom stereocenters. The molecule has 0 bridgehead atoms. The Morgan fingerprint density at radius 2 is 2.16 bits per heavy atom. The van der Waals surface area contributed by atoms with E-state index in [4.69, 9.17) is 4.52 Å². The van der Waals surface area contributed by atoms with Gasteiger partial charge in [0.25, 0.3) is 0 Å². The van der Waals surface area contributed by atoms with Gasteiger partial charge in [0.2, 0.25) is 5.89 Å². The van der Waals surface area contributed by atoms with Crippen molar-refractivity contribution in [3.63, 3.8) is 0 Å². The maximum atomic E-state index is 13.0. The number of likely N-dealkylation sites (N-methyl/N-ethyl adjacent to an activating group) is 1. The molecule has 25 heavy (non-hydrogen) atoms. The molecule has 7 heteroatoms. The second-order valence-electron chi connectivity index (χ2n) is 6.77. The van der Waals surface area contributed by atoms with E-state index in [1.54, 1.807) is 19.1 Å². The molecule has 1 aliphatic heterocycles. The number of hydrogen-bond donors (Lipinski definition) is 1. The number of benzene rings is 1. The van der Waals surface area contributed by atoms with E-state index in [9.17, 15) is 9.50 Å². The molecule has 2 heterocycles. The van der Waals surface area contributed by atoms with E-state index in [-0.39, 0.29) is 5.82 Å². The van der Waals surface area contributed by atoms with Crippen LogP contribution in [0.4, 0.5) is 4.39 Å². The average Bonchev–Trinajstić information content (AvgIpc) is 3.00. The zero-order valence-electron chi connectivity index (χ0n) is 14.7. The summed E-state index contributed by atoms with van der Waals surface area (Å²) in [5.41, 5.74) is 0.739. The molecule has 1 aromatic heterocycles. The average molecular weight is 348 g/mol. The van der Waals surface area contributed by atoms with Crippen LogP contribution >= 0.6 is 0 Å². The van der Waals surface area contributed by atoms with Crippen molar-refractivity contribution >= 4 is 0 Å². The van der Waals surface area contributed by atoms with E-state index in [2.05, 4.69) is 19.9 Å². The van der Waals surface area contributed by atoms with Crippen molar-refractivity contribution in [1.82, 2.24) is 19.9 Å². The second kappa shape index (κ2) is 8.03. The first-order valence-electron chi connectivity index (χ1n) is 8.66. The highest BCUT2D eigenvalue weighted by molar-refractivity contribution is 5.18. The third-order valence-electron chi connectivity index (χ3n) is 4.75. The molecule has 1 saturated heterocycles. The second-order valence-corrected chi connectivity index (χ2v) is 6.77. The molecule has 1 N–H and O–H groups in total. The Labute approximate surface area is 147 Å². The molecule has 136 valence electrons. The van der Waals surface area contributed by atoms with Gasteiger partial charge in [-0.05, 0) is 44.1 Å². The molecule has 6 nitrogen and oxygen atoms in total. The van der Waals surface area contributed by atoms with E-state index in [0.717, 1.165) is 31.5 Å². The van der Waals surface area contributed by atoms with Gasteiger partial charge in [-0.3, -0.25) is 9.80 Å². The summed E-state index contributed by atoms with van der Waals surface area (Å²) < 4.78 is 18.0. The molecule has 0 radical (unpaired) electrons. The van der Waals surface area contributed by atoms with Crippen LogP contribution in [0.5, 0.6) is 0 Å². The van der Waals surface area contributed by atoms with Gasteiger partial charge >= 0.3 is 0 Å². The molecule has 0 saturated carbocycles. The lowest BCUT2D eigenvalue weighted by molar-refractivity contribution is 0.0638. The summed E-state index contributed by atoms with van der Waals surface area (Å²) in [6, 6.07) is 6.40. The maximum absolute atomic E-state index is 13.0. The molecule has 0 spiro atoms. The SMILES string of the molecule is Cc1nc(CN2CCC[C@H](N(C)C[C@@H](O)c3ccc(F)cc3)C2)no1. The standard InChI is InChI=1S/C18H25FN4O2/c1-13-20-18(21-25-13)12-23-9-3-4-16(10-23)22(2)11-17(24)14-5-7-15(19)8-6-14/h5-8,16-17,24H,3-4,9-12H2,1-2H3/t16-,17+/m0/s1. The molecule has 1 aromatic carbocycles. The minimum atomic E-state index is -0.624. The Morgan fingerprint density at radius 1 is 1.40 bits per heavy atom. The van der Waals surface area contributed by atoms with Gasteiger partial charge in [-0.2, -0.15) is 4.98 Å². The fourth-order valence-electron chi connectivity index (χ4n) is 3.35. The maximum Gasteiger partial charge on any atom is 0.223 e. The van der Waals surface area contributed by atoms with E-state index < -0.39 is 6.10 Å². The number of likely N-dealkylation sites (tertiary alicyclic amines) is 1. The summed E-state index contributed by atoms with van der Waals surface area (Å²) in [6.45, 7) is 4.91. The fourth-order valence-corrected chi connectivity index (χ4v) is 3.35. The number of aliphatic hydroxyl groups is 1. The lowest BCUT2D eigenvalue weighted by Crippen LogP contribution is -2.47. The predicted molar refractivity (Wildman–Crippen MR) is 91.3 cm³/mol. The van der Waals surface area contributed by atoms with Crippen molar-refractivity contribution < 1.29 is 14.0 Å². The minimum absolute atomic E-state index is 0.288. The normalized spacial score (nSPS) is 20.1. The molecule has 2 aromatic rings. The summed E-state index contributed by atoms with van der Waals surface area (Å²) in [7, 11) is 2.03. The number of hydrogen-bond acceptors (Lipinski definition) is 6. The first-order chi connectivity index (χ1) is 12.0. The van der Waals surface area contributed by atoms with Gasteiger partial charge in [-0.25, -0.2) is 4.39 Å². The molecule has 2 atom stereocenters. The Morgan fingerprint density at radius 3 is 2.84 bits per heavy atom. The highest BCUT2D eigenvalue weighted by atomic mass is 19.1. The van der Waals surface area contributed by atoms with Gasteiger partial charge in [-0.1, -0.05) is 17.3 Å². The number of nitrogens with zero attached hydrogens (tertiary/aromatic N) is 4. The summed E-state index contributed by atoms with van der Waals surface area (Å²) in [5.74, 6) is 1.01. The monoisotopic (exact) mass is 348 g/mol. The van der Waals surface area contributed by atoms with Crippen molar-refractivity contribution in [3.8, 4) is 0 Å². The third-order valence-corrected chi connectivity index (χ3v) is 4.75. The number of aryl methyl sites for hydroxylation is 1. The van der Waals surface area contributed by atoms with Crippen LogP contribution in [-0.2, 0) is 6.54 Å². The van der Waals surface area contributed by atoms with Gasteiger partial charge in [0, 0.05) is 26.1 Å². The molecular weight excluding hydrogens is 323 g/mol. The lowest BCUT2D eigenvalue weighted by Gasteiger charge is -2.38. The van der Waals surface area contributed by atoms with Gasteiger partial charge < -0.3 is 9.63 Å². The first-order valence-corrected chi connectivity index (χ1v) is 8.66. The van der Waals surface area contributed by atoms with Crippen molar-refractivity contribution in [1.29, 1.82) is 0 Å². The predicted octanol–water partition coefficient (Wildman–Crippen LogP) is 2.15. The van der Waals surface area contributed by atoms with E-state index in [1.165, 1.54) is 12.1 Å². The number of rotatable bonds is 6. The molecule has 0 aliphatic carbocycles. The first kappa shape index (κ1) is 18.0. The Kier molecular flexibility index (Phi) is 5.78. The lowest BCUT2D eigenvalue weighted by atomic mass is 10.0. The van der Waals surface area contributed by atoms with Crippen molar-refractivity contribution in [3.05, 3.63) is 47.4 Å². The van der Waals surface area contributed by atoms with Crippen LogP contribution in [0.3, 0.4) is 0 Å². The Hall–Kier alpha value is -1.83. The van der Waals surface area contributed by atoms with E-state index >= 15 is 0 Å². The van der Waals surface area contributed by atoms with Crippen LogP contribution in [0, 0.1) is 12.7 Å². The van der Waals surface area contributed by atoms with Gasteiger partial charge in [0.1, 0.15) is 5.82 Å². The fraction of sp³-hybridized carbons (Fsp3) is 0.556. The molecule has 1 fully saturated rings. The summed E-state index contributed by atoms with van der Waals surface area (Å²) >= 11 is 0. The van der Waals surface area contributed by atoms with Crippen molar-refractivity contribution in [2.45, 2.75) is 38.5 Å². The van der Waals surface area contributed by atoms with Crippen molar-refractivity contribution in [2.75, 3.05) is 26.7 Å². The topological polar surface area (TPSA) is 65.6 Å². The number of aliphatic hydroxyl groups excluding tert-OH is 1. The highest BCUT2D eigenvalue weighted by Gasteiger charge is 2.25. The molecule has 3 rings (SSSR count).